The van der Waals surface area contributed by atoms with E-state index in [-0.39, 0.29) is 23.9 Å². The molecule has 1 saturated carbocycles. The van der Waals surface area contributed by atoms with Gasteiger partial charge in [0.2, 0.25) is 0 Å². The molecule has 1 aliphatic carbocycles. The third-order valence-corrected chi connectivity index (χ3v) is 3.14. The molecule has 1 atom stereocenters. The Labute approximate surface area is 79.7 Å². The predicted octanol–water partition coefficient (Wildman–Crippen LogP) is 2.36. The number of carbonyl (C=O) groups is 2. The van der Waals surface area contributed by atoms with E-state index in [9.17, 15) is 9.59 Å². The Hall–Kier alpha value is -0.660. The van der Waals surface area contributed by atoms with E-state index in [1.165, 1.54) is 0 Å². The molecule has 0 aromatic rings. The van der Waals surface area contributed by atoms with Crippen LogP contribution in [0.25, 0.3) is 0 Å². The van der Waals surface area contributed by atoms with E-state index in [1.807, 2.05) is 0 Å². The minimum Gasteiger partial charge on any atom is -0.299 e. The van der Waals surface area contributed by atoms with Crippen LogP contribution in [0.3, 0.4) is 0 Å². The summed E-state index contributed by atoms with van der Waals surface area (Å²) in [4.78, 5) is 22.5. The summed E-state index contributed by atoms with van der Waals surface area (Å²) in [6.07, 6.45) is 3.72. The smallest absolute Gasteiger partial charge is 0.143 e. The molecule has 0 heterocycles. The summed E-state index contributed by atoms with van der Waals surface area (Å²) in [7, 11) is 0. The van der Waals surface area contributed by atoms with E-state index in [0.717, 1.165) is 19.3 Å². The lowest BCUT2D eigenvalue weighted by atomic mass is 9.76. The van der Waals surface area contributed by atoms with Gasteiger partial charge in [0.05, 0.1) is 6.42 Å². The highest BCUT2D eigenvalue weighted by atomic mass is 16.1. The van der Waals surface area contributed by atoms with Crippen LogP contribution in [-0.4, -0.2) is 11.6 Å². The second-order valence-corrected chi connectivity index (χ2v) is 3.90. The predicted molar refractivity (Wildman–Crippen MR) is 51.4 cm³/mol. The zero-order valence-corrected chi connectivity index (χ0v) is 8.51. The van der Waals surface area contributed by atoms with Crippen molar-refractivity contribution in [3.63, 3.8) is 0 Å². The maximum atomic E-state index is 11.5. The molecule has 74 valence electrons. The first kappa shape index (κ1) is 10.4. The lowest BCUT2D eigenvalue weighted by Gasteiger charge is -2.26. The highest BCUT2D eigenvalue weighted by Crippen LogP contribution is 2.29. The molecule has 1 unspecified atom stereocenters. The molecule has 13 heavy (non-hydrogen) atoms. The number of ketones is 2. The van der Waals surface area contributed by atoms with Gasteiger partial charge in [-0.3, -0.25) is 9.59 Å². The molecule has 0 bridgehead atoms. The summed E-state index contributed by atoms with van der Waals surface area (Å²) in [5.74, 6) is 0.991. The van der Waals surface area contributed by atoms with E-state index in [1.54, 1.807) is 0 Å². The molecule has 0 saturated heterocycles. The highest BCUT2D eigenvalue weighted by molar-refractivity contribution is 6.02. The van der Waals surface area contributed by atoms with Gasteiger partial charge in [0.25, 0.3) is 0 Å². The van der Waals surface area contributed by atoms with Crippen LogP contribution in [-0.2, 0) is 9.59 Å². The Morgan fingerprint density at radius 2 is 1.92 bits per heavy atom. The van der Waals surface area contributed by atoms with Crippen LogP contribution in [0.2, 0.25) is 0 Å². The lowest BCUT2D eigenvalue weighted by Crippen LogP contribution is -2.30. The first-order valence-corrected chi connectivity index (χ1v) is 5.23. The van der Waals surface area contributed by atoms with Gasteiger partial charge in [-0.15, -0.1) is 0 Å². The number of carbonyl (C=O) groups excluding carboxylic acids is 2. The Morgan fingerprint density at radius 3 is 2.38 bits per heavy atom. The molecule has 0 amide bonds. The minimum absolute atomic E-state index is 0.132. The number of hydrogen-bond acceptors (Lipinski definition) is 2. The third kappa shape index (κ3) is 2.39. The summed E-state index contributed by atoms with van der Waals surface area (Å²) in [6, 6.07) is 0. The monoisotopic (exact) mass is 182 g/mol. The summed E-state index contributed by atoms with van der Waals surface area (Å²) in [6.45, 7) is 4.25. The Morgan fingerprint density at radius 1 is 1.31 bits per heavy atom. The van der Waals surface area contributed by atoms with E-state index in [2.05, 4.69) is 13.8 Å². The highest BCUT2D eigenvalue weighted by Gasteiger charge is 2.31. The topological polar surface area (TPSA) is 34.1 Å². The van der Waals surface area contributed by atoms with Crippen molar-refractivity contribution in [2.75, 3.05) is 0 Å². The lowest BCUT2D eigenvalue weighted by molar-refractivity contribution is -0.134. The molecule has 0 N–H and O–H groups in total. The fourth-order valence-corrected chi connectivity index (χ4v) is 2.25. The van der Waals surface area contributed by atoms with Crippen LogP contribution in [0, 0.1) is 11.8 Å². The molecule has 0 radical (unpaired) electrons. The second kappa shape index (κ2) is 4.54. The Bertz CT molecular complexity index is 204. The zero-order chi connectivity index (χ0) is 9.84. The Kier molecular flexibility index (Phi) is 3.64. The third-order valence-electron chi connectivity index (χ3n) is 3.14. The fourth-order valence-electron chi connectivity index (χ4n) is 2.25. The molecule has 0 aliphatic heterocycles. The van der Waals surface area contributed by atoms with Gasteiger partial charge < -0.3 is 0 Å². The van der Waals surface area contributed by atoms with Gasteiger partial charge in [-0.1, -0.05) is 26.7 Å². The van der Waals surface area contributed by atoms with Gasteiger partial charge in [0.1, 0.15) is 11.6 Å². The average molecular weight is 182 g/mol. The van der Waals surface area contributed by atoms with Crippen molar-refractivity contribution in [1.82, 2.24) is 0 Å². The van der Waals surface area contributed by atoms with Gasteiger partial charge in [-0.2, -0.15) is 0 Å². The molecule has 0 aromatic heterocycles. The first-order valence-electron chi connectivity index (χ1n) is 5.23. The minimum atomic E-state index is 0.132. The van der Waals surface area contributed by atoms with E-state index >= 15 is 0 Å². The molecular weight excluding hydrogens is 164 g/mol. The maximum Gasteiger partial charge on any atom is 0.143 e. The van der Waals surface area contributed by atoms with Crippen LogP contribution in [0.4, 0.5) is 0 Å². The summed E-state index contributed by atoms with van der Waals surface area (Å²) < 4.78 is 0. The SMILES string of the molecule is CCC(CC)C1CCC(=O)CC1=O. The Balaban J connectivity index is 2.59. The summed E-state index contributed by atoms with van der Waals surface area (Å²) in [5, 5.41) is 0. The van der Waals surface area contributed by atoms with Crippen LogP contribution in [0.1, 0.15) is 46.0 Å². The standard InChI is InChI=1S/C11H18O2/c1-3-8(4-2)10-6-5-9(12)7-11(10)13/h8,10H,3-7H2,1-2H3. The molecule has 1 aliphatic rings. The van der Waals surface area contributed by atoms with Gasteiger partial charge in [0, 0.05) is 12.3 Å². The maximum absolute atomic E-state index is 11.5. The van der Waals surface area contributed by atoms with Crippen molar-refractivity contribution in [3.8, 4) is 0 Å². The zero-order valence-electron chi connectivity index (χ0n) is 8.51. The van der Waals surface area contributed by atoms with E-state index in [0.29, 0.717) is 12.3 Å². The van der Waals surface area contributed by atoms with Crippen LogP contribution >= 0.6 is 0 Å². The molecule has 2 heteroatoms. The largest absolute Gasteiger partial charge is 0.299 e. The van der Waals surface area contributed by atoms with Gasteiger partial charge in [-0.25, -0.2) is 0 Å². The van der Waals surface area contributed by atoms with Crippen molar-refractivity contribution in [1.29, 1.82) is 0 Å². The number of rotatable bonds is 3. The normalized spacial score (nSPS) is 24.1. The molecule has 2 nitrogen and oxygen atoms in total. The van der Waals surface area contributed by atoms with Gasteiger partial charge in [-0.05, 0) is 12.3 Å². The van der Waals surface area contributed by atoms with Crippen molar-refractivity contribution in [2.24, 2.45) is 11.8 Å². The fraction of sp³-hybridized carbons (Fsp3) is 0.818. The van der Waals surface area contributed by atoms with Gasteiger partial charge >= 0.3 is 0 Å². The molecule has 1 rings (SSSR count). The number of hydrogen-bond donors (Lipinski definition) is 0. The molecule has 1 fully saturated rings. The second-order valence-electron chi connectivity index (χ2n) is 3.90. The van der Waals surface area contributed by atoms with E-state index in [4.69, 9.17) is 0 Å². The first-order chi connectivity index (χ1) is 6.19. The summed E-state index contributed by atoms with van der Waals surface area (Å²) >= 11 is 0. The molecular formula is C11H18O2. The van der Waals surface area contributed by atoms with Crippen molar-refractivity contribution >= 4 is 11.6 Å². The van der Waals surface area contributed by atoms with Crippen LogP contribution < -0.4 is 0 Å². The number of Topliss-reactive ketones (excluding diaryl/α,β-unsaturated/α-hetero) is 2. The van der Waals surface area contributed by atoms with Gasteiger partial charge in [0.15, 0.2) is 0 Å². The molecule has 0 aromatic carbocycles. The van der Waals surface area contributed by atoms with Crippen LogP contribution in [0.15, 0.2) is 0 Å². The van der Waals surface area contributed by atoms with Crippen molar-refractivity contribution in [2.45, 2.75) is 46.0 Å². The molecule has 0 spiro atoms. The summed E-state index contributed by atoms with van der Waals surface area (Å²) in [5.41, 5.74) is 0. The van der Waals surface area contributed by atoms with Crippen molar-refractivity contribution in [3.05, 3.63) is 0 Å². The van der Waals surface area contributed by atoms with E-state index < -0.39 is 0 Å². The van der Waals surface area contributed by atoms with Crippen molar-refractivity contribution < 1.29 is 9.59 Å². The quantitative estimate of drug-likeness (QED) is 0.628. The average Bonchev–Trinajstić information content (AvgIpc) is 2.10. The van der Waals surface area contributed by atoms with Crippen LogP contribution in [0.5, 0.6) is 0 Å².